The van der Waals surface area contributed by atoms with Crippen molar-refractivity contribution in [2.45, 2.75) is 20.0 Å². The van der Waals surface area contributed by atoms with Crippen LogP contribution in [0.2, 0.25) is 5.02 Å². The van der Waals surface area contributed by atoms with Gasteiger partial charge in [0.2, 0.25) is 5.91 Å². The Morgan fingerprint density at radius 1 is 1.24 bits per heavy atom. The average Bonchev–Trinajstić information content (AvgIpc) is 3.15. The van der Waals surface area contributed by atoms with Crippen LogP contribution in [-0.2, 0) is 6.61 Å². The maximum Gasteiger partial charge on any atom is 0.277 e. The summed E-state index contributed by atoms with van der Waals surface area (Å²) in [5, 5.41) is 8.66. The molecule has 3 rings (SSSR count). The molecule has 0 bridgehead atoms. The van der Waals surface area contributed by atoms with Crippen LogP contribution in [-0.4, -0.2) is 26.8 Å². The van der Waals surface area contributed by atoms with Gasteiger partial charge in [0.05, 0.1) is 18.7 Å². The van der Waals surface area contributed by atoms with Crippen molar-refractivity contribution in [2.24, 2.45) is 0 Å². The monoisotopic (exact) mass is 422 g/mol. The molecular formula is C20H17ClF2N2O4. The van der Waals surface area contributed by atoms with Crippen LogP contribution in [0.1, 0.15) is 22.5 Å². The van der Waals surface area contributed by atoms with Gasteiger partial charge in [0.25, 0.3) is 5.56 Å². The SMILES string of the molecule is Cc1cc(OCc2ccc(F)cc2F)c(Cl)c(=O)n1-c1ccn(C(=O)CCO)c1. The Bertz CT molecular complexity index is 1120. The number of halogens is 3. The number of aryl methyl sites for hydroxylation is 1. The summed E-state index contributed by atoms with van der Waals surface area (Å²) in [5.74, 6) is -1.73. The summed E-state index contributed by atoms with van der Waals surface area (Å²) in [7, 11) is 0. The number of rotatable bonds is 6. The Labute approximate surface area is 169 Å². The van der Waals surface area contributed by atoms with E-state index in [4.69, 9.17) is 21.4 Å². The third kappa shape index (κ3) is 4.38. The molecule has 0 saturated heterocycles. The minimum atomic E-state index is -0.764. The van der Waals surface area contributed by atoms with E-state index in [0.29, 0.717) is 11.4 Å². The number of aliphatic hydroxyl groups excluding tert-OH is 1. The van der Waals surface area contributed by atoms with Crippen LogP contribution in [0, 0.1) is 18.6 Å². The predicted molar refractivity (Wildman–Crippen MR) is 103 cm³/mol. The van der Waals surface area contributed by atoms with E-state index in [1.54, 1.807) is 13.0 Å². The van der Waals surface area contributed by atoms with Crippen LogP contribution in [0.3, 0.4) is 0 Å². The van der Waals surface area contributed by atoms with Crippen LogP contribution in [0.15, 0.2) is 47.5 Å². The standard InChI is InChI=1S/C20H17ClF2N2O4/c1-12-8-17(29-11-13-2-3-14(22)9-16(13)23)19(21)20(28)25(12)15-4-6-24(10-15)18(27)5-7-26/h2-4,6,8-10,26H,5,7,11H2,1H3. The van der Waals surface area contributed by atoms with Crippen LogP contribution in [0.4, 0.5) is 8.78 Å². The molecule has 152 valence electrons. The number of ether oxygens (including phenoxy) is 1. The van der Waals surface area contributed by atoms with E-state index in [0.717, 1.165) is 12.1 Å². The second kappa shape index (κ2) is 8.59. The molecule has 2 heterocycles. The highest BCUT2D eigenvalue weighted by Crippen LogP contribution is 2.25. The zero-order valence-corrected chi connectivity index (χ0v) is 16.1. The van der Waals surface area contributed by atoms with Crippen molar-refractivity contribution in [1.29, 1.82) is 0 Å². The largest absolute Gasteiger partial charge is 0.487 e. The number of benzene rings is 1. The van der Waals surface area contributed by atoms with E-state index in [1.807, 2.05) is 0 Å². The maximum atomic E-state index is 13.8. The number of nitrogens with zero attached hydrogens (tertiary/aromatic N) is 2. The van der Waals surface area contributed by atoms with Crippen molar-refractivity contribution in [3.8, 4) is 11.4 Å². The topological polar surface area (TPSA) is 73.5 Å². The second-order valence-electron chi connectivity index (χ2n) is 6.27. The van der Waals surface area contributed by atoms with Crippen LogP contribution in [0.25, 0.3) is 5.69 Å². The Kier molecular flexibility index (Phi) is 6.14. The van der Waals surface area contributed by atoms with Crippen LogP contribution >= 0.6 is 11.6 Å². The molecule has 6 nitrogen and oxygen atoms in total. The van der Waals surface area contributed by atoms with Gasteiger partial charge < -0.3 is 9.84 Å². The molecule has 0 atom stereocenters. The van der Waals surface area contributed by atoms with Gasteiger partial charge in [0.1, 0.15) is 29.0 Å². The highest BCUT2D eigenvalue weighted by molar-refractivity contribution is 6.31. The molecule has 2 aromatic heterocycles. The summed E-state index contributed by atoms with van der Waals surface area (Å²) in [5.41, 5.74) is 0.426. The molecule has 9 heteroatoms. The summed E-state index contributed by atoms with van der Waals surface area (Å²) in [6, 6.07) is 6.17. The normalized spacial score (nSPS) is 10.9. The molecule has 1 N–H and O–H groups in total. The molecule has 0 unspecified atom stereocenters. The van der Waals surface area contributed by atoms with E-state index in [1.165, 1.54) is 33.7 Å². The summed E-state index contributed by atoms with van der Waals surface area (Å²) < 4.78 is 34.8. The molecule has 0 aliphatic heterocycles. The van der Waals surface area contributed by atoms with Gasteiger partial charge in [-0.05, 0) is 25.1 Å². The smallest absolute Gasteiger partial charge is 0.277 e. The third-order valence-corrected chi connectivity index (χ3v) is 4.60. The average molecular weight is 423 g/mol. The van der Waals surface area contributed by atoms with Crippen molar-refractivity contribution < 1.29 is 23.4 Å². The van der Waals surface area contributed by atoms with Gasteiger partial charge in [-0.15, -0.1) is 0 Å². The highest BCUT2D eigenvalue weighted by atomic mass is 35.5. The minimum Gasteiger partial charge on any atom is -0.487 e. The molecule has 0 aliphatic rings. The number of pyridine rings is 1. The summed E-state index contributed by atoms with van der Waals surface area (Å²) in [6.45, 7) is 1.13. The number of aliphatic hydroxyl groups is 1. The maximum absolute atomic E-state index is 13.8. The van der Waals surface area contributed by atoms with E-state index < -0.39 is 17.2 Å². The van der Waals surface area contributed by atoms with Crippen molar-refractivity contribution >= 4 is 17.5 Å². The first-order valence-corrected chi connectivity index (χ1v) is 9.01. The van der Waals surface area contributed by atoms with Crippen molar-refractivity contribution in [3.63, 3.8) is 0 Å². The molecule has 0 aliphatic carbocycles. The Morgan fingerprint density at radius 2 is 2.00 bits per heavy atom. The first-order chi connectivity index (χ1) is 13.8. The van der Waals surface area contributed by atoms with Gasteiger partial charge in [-0.3, -0.25) is 18.7 Å². The zero-order valence-electron chi connectivity index (χ0n) is 15.4. The van der Waals surface area contributed by atoms with Crippen LogP contribution < -0.4 is 10.3 Å². The molecule has 0 amide bonds. The molecule has 0 spiro atoms. The fourth-order valence-corrected chi connectivity index (χ4v) is 2.99. The molecule has 3 aromatic rings. The predicted octanol–water partition coefficient (Wildman–Crippen LogP) is 3.48. The first-order valence-electron chi connectivity index (χ1n) is 8.63. The number of aromatic nitrogens is 2. The van der Waals surface area contributed by atoms with Crippen LogP contribution in [0.5, 0.6) is 5.75 Å². The molecule has 0 saturated carbocycles. The number of carbonyl (C=O) groups is 1. The lowest BCUT2D eigenvalue weighted by atomic mass is 10.2. The molecule has 0 radical (unpaired) electrons. The van der Waals surface area contributed by atoms with Gasteiger partial charge in [-0.1, -0.05) is 11.6 Å². The van der Waals surface area contributed by atoms with Gasteiger partial charge in [-0.2, -0.15) is 0 Å². The lowest BCUT2D eigenvalue weighted by Crippen LogP contribution is -2.21. The lowest BCUT2D eigenvalue weighted by Gasteiger charge is -2.13. The first kappa shape index (κ1) is 20.8. The highest BCUT2D eigenvalue weighted by Gasteiger charge is 2.16. The molecule has 1 aromatic carbocycles. The van der Waals surface area contributed by atoms with E-state index in [-0.39, 0.29) is 41.9 Å². The van der Waals surface area contributed by atoms with Crippen molar-refractivity contribution in [2.75, 3.05) is 6.61 Å². The van der Waals surface area contributed by atoms with E-state index >= 15 is 0 Å². The summed E-state index contributed by atoms with van der Waals surface area (Å²) in [4.78, 5) is 24.6. The Balaban J connectivity index is 1.88. The third-order valence-electron chi connectivity index (χ3n) is 4.25. The zero-order chi connectivity index (χ0) is 21.1. The number of hydrogen-bond donors (Lipinski definition) is 1. The van der Waals surface area contributed by atoms with Gasteiger partial charge >= 0.3 is 0 Å². The Hall–Kier alpha value is -2.97. The minimum absolute atomic E-state index is 0.0462. The number of hydrogen-bond acceptors (Lipinski definition) is 4. The summed E-state index contributed by atoms with van der Waals surface area (Å²) >= 11 is 6.15. The second-order valence-corrected chi connectivity index (χ2v) is 6.65. The fourth-order valence-electron chi connectivity index (χ4n) is 2.80. The molecule has 0 fully saturated rings. The lowest BCUT2D eigenvalue weighted by molar-refractivity contribution is 0.0875. The van der Waals surface area contributed by atoms with Crippen molar-refractivity contribution in [3.05, 3.63) is 81.0 Å². The summed E-state index contributed by atoms with van der Waals surface area (Å²) in [6.07, 6.45) is 2.89. The van der Waals surface area contributed by atoms with E-state index in [2.05, 4.69) is 0 Å². The van der Waals surface area contributed by atoms with Crippen molar-refractivity contribution in [1.82, 2.24) is 9.13 Å². The van der Waals surface area contributed by atoms with Gasteiger partial charge in [0, 0.05) is 35.8 Å². The number of carbonyl (C=O) groups excluding carboxylic acids is 1. The quantitative estimate of drug-likeness (QED) is 0.660. The Morgan fingerprint density at radius 3 is 2.69 bits per heavy atom. The van der Waals surface area contributed by atoms with Gasteiger partial charge in [-0.25, -0.2) is 8.78 Å². The fraction of sp³-hybridized carbons (Fsp3) is 0.200. The van der Waals surface area contributed by atoms with E-state index in [9.17, 15) is 18.4 Å². The molecular weight excluding hydrogens is 406 g/mol. The molecule has 29 heavy (non-hydrogen) atoms. The van der Waals surface area contributed by atoms with Gasteiger partial charge in [0.15, 0.2) is 0 Å².